The molecule has 6 nitrogen and oxygen atoms in total. The molecule has 0 saturated carbocycles. The van der Waals surface area contributed by atoms with Gasteiger partial charge in [-0.25, -0.2) is 24.9 Å². The SMILES string of the molecule is c1ccc(-c2ccc3sc4c(-c5nc(-c6ccccc6)nc(-c6cccc7c6oc6c(-c8ccc9ccc%10cncnc%10c9c8-c8ccccc8)cccc67)n5)cccc4c3c2)cc1. The van der Waals surface area contributed by atoms with Crippen LogP contribution in [-0.4, -0.2) is 24.9 Å². The average Bonchev–Trinajstić information content (AvgIpc) is 3.95. The molecule has 64 heavy (non-hydrogen) atoms. The Kier molecular flexibility index (Phi) is 8.29. The number of para-hydroxylation sites is 2. The highest BCUT2D eigenvalue weighted by molar-refractivity contribution is 7.26. The van der Waals surface area contributed by atoms with Crippen molar-refractivity contribution in [2.75, 3.05) is 0 Å². The van der Waals surface area contributed by atoms with E-state index in [4.69, 9.17) is 24.4 Å². The molecule has 0 fully saturated rings. The fourth-order valence-electron chi connectivity index (χ4n) is 9.32. The molecule has 0 spiro atoms. The summed E-state index contributed by atoms with van der Waals surface area (Å²) >= 11 is 1.77. The van der Waals surface area contributed by atoms with Gasteiger partial charge in [0.15, 0.2) is 17.5 Å². The van der Waals surface area contributed by atoms with Gasteiger partial charge < -0.3 is 4.42 Å². The molecule has 13 rings (SSSR count). The minimum atomic E-state index is 0.543. The van der Waals surface area contributed by atoms with Gasteiger partial charge >= 0.3 is 0 Å². The standard InChI is InChI=1S/C57H33N5OS/c1-4-13-34(14-5-1)38-28-30-48-47(31-38)44-22-12-24-46(54(44)64-48)57-61-55(37-17-8-3-9-18-37)60-56(62-57)45-23-11-21-43-42-20-10-19-41(52(42)63-53(43)45)40-29-27-36-25-26-39-32-58-33-59-51(39)50(36)49(40)35-15-6-2-7-16-35/h1-33H. The quantitative estimate of drug-likeness (QED) is 0.155. The Labute approximate surface area is 370 Å². The van der Waals surface area contributed by atoms with Crippen LogP contribution in [0.3, 0.4) is 0 Å². The van der Waals surface area contributed by atoms with Gasteiger partial charge in [-0.15, -0.1) is 11.3 Å². The summed E-state index contributed by atoms with van der Waals surface area (Å²) in [6, 6.07) is 65.7. The lowest BCUT2D eigenvalue weighted by Gasteiger charge is -2.16. The number of thiophene rings is 1. The van der Waals surface area contributed by atoms with Crippen LogP contribution in [0.1, 0.15) is 0 Å². The number of hydrogen-bond donors (Lipinski definition) is 0. The molecule has 0 N–H and O–H groups in total. The third-order valence-electron chi connectivity index (χ3n) is 12.3. The summed E-state index contributed by atoms with van der Waals surface area (Å²) in [6.45, 7) is 0. The minimum Gasteiger partial charge on any atom is -0.455 e. The van der Waals surface area contributed by atoms with Crippen LogP contribution in [0.25, 0.3) is 131 Å². The normalized spacial score (nSPS) is 11.8. The second-order valence-corrected chi connectivity index (χ2v) is 17.0. The molecule has 7 heteroatoms. The molecular weight excluding hydrogens is 803 g/mol. The highest BCUT2D eigenvalue weighted by Crippen LogP contribution is 2.46. The Morgan fingerprint density at radius 1 is 0.406 bits per heavy atom. The van der Waals surface area contributed by atoms with Gasteiger partial charge in [-0.2, -0.15) is 0 Å². The summed E-state index contributed by atoms with van der Waals surface area (Å²) in [6.07, 6.45) is 3.51. The fraction of sp³-hybridized carbons (Fsp3) is 0. The lowest BCUT2D eigenvalue weighted by Crippen LogP contribution is -2.00. The van der Waals surface area contributed by atoms with E-state index in [-0.39, 0.29) is 0 Å². The third-order valence-corrected chi connectivity index (χ3v) is 13.5. The highest BCUT2D eigenvalue weighted by atomic mass is 32.1. The number of hydrogen-bond acceptors (Lipinski definition) is 7. The van der Waals surface area contributed by atoms with Crippen LogP contribution in [0.5, 0.6) is 0 Å². The van der Waals surface area contributed by atoms with Crippen LogP contribution < -0.4 is 0 Å². The van der Waals surface area contributed by atoms with Crippen LogP contribution >= 0.6 is 11.3 Å². The molecule has 0 unspecified atom stereocenters. The number of aromatic nitrogens is 5. The summed E-state index contributed by atoms with van der Waals surface area (Å²) in [7, 11) is 0. The summed E-state index contributed by atoms with van der Waals surface area (Å²) in [5.74, 6) is 1.75. The molecule has 0 aliphatic rings. The molecule has 0 radical (unpaired) electrons. The van der Waals surface area contributed by atoms with Crippen LogP contribution in [-0.2, 0) is 0 Å². The molecule has 0 aliphatic heterocycles. The predicted octanol–water partition coefficient (Wildman–Crippen LogP) is 15.2. The molecule has 0 aliphatic carbocycles. The maximum atomic E-state index is 7.14. The van der Waals surface area contributed by atoms with Crippen LogP contribution in [0.2, 0.25) is 0 Å². The molecule has 298 valence electrons. The van der Waals surface area contributed by atoms with Gasteiger partial charge in [-0.05, 0) is 57.5 Å². The van der Waals surface area contributed by atoms with Crippen molar-refractivity contribution in [2.24, 2.45) is 0 Å². The molecule has 0 amide bonds. The van der Waals surface area contributed by atoms with E-state index < -0.39 is 0 Å². The van der Waals surface area contributed by atoms with E-state index in [0.717, 1.165) is 87.3 Å². The Balaban J connectivity index is 1.03. The highest BCUT2D eigenvalue weighted by Gasteiger charge is 2.23. The first-order chi connectivity index (χ1) is 31.7. The molecule has 4 heterocycles. The number of rotatable bonds is 6. The molecule has 13 aromatic rings. The zero-order valence-electron chi connectivity index (χ0n) is 34.1. The van der Waals surface area contributed by atoms with E-state index >= 15 is 0 Å². The zero-order chi connectivity index (χ0) is 42.1. The first kappa shape index (κ1) is 36.3. The van der Waals surface area contributed by atoms with Crippen molar-refractivity contribution in [3.05, 3.63) is 201 Å². The van der Waals surface area contributed by atoms with E-state index in [9.17, 15) is 0 Å². The smallest absolute Gasteiger partial charge is 0.167 e. The number of furan rings is 1. The lowest BCUT2D eigenvalue weighted by molar-refractivity contribution is 0.670. The van der Waals surface area contributed by atoms with Crippen molar-refractivity contribution >= 4 is 75.1 Å². The van der Waals surface area contributed by atoms with Crippen LogP contribution in [0.4, 0.5) is 0 Å². The first-order valence-corrected chi connectivity index (χ1v) is 22.0. The second-order valence-electron chi connectivity index (χ2n) is 16.0. The molecule has 0 atom stereocenters. The third kappa shape index (κ3) is 5.82. The zero-order valence-corrected chi connectivity index (χ0v) is 34.9. The number of nitrogens with zero attached hydrogens (tertiary/aromatic N) is 5. The van der Waals surface area contributed by atoms with E-state index in [1.165, 1.54) is 26.6 Å². The van der Waals surface area contributed by atoms with Crippen LogP contribution in [0, 0.1) is 0 Å². The van der Waals surface area contributed by atoms with Gasteiger partial charge in [-0.1, -0.05) is 164 Å². The van der Waals surface area contributed by atoms with Crippen molar-refractivity contribution in [1.82, 2.24) is 24.9 Å². The van der Waals surface area contributed by atoms with Crippen LogP contribution in [0.15, 0.2) is 205 Å². The minimum absolute atomic E-state index is 0.543. The van der Waals surface area contributed by atoms with Crippen molar-refractivity contribution in [1.29, 1.82) is 0 Å². The van der Waals surface area contributed by atoms with Gasteiger partial charge in [0.1, 0.15) is 17.5 Å². The second kappa shape index (κ2) is 14.6. The summed E-state index contributed by atoms with van der Waals surface area (Å²) in [5, 5.41) is 7.56. The monoisotopic (exact) mass is 835 g/mol. The molecule has 9 aromatic carbocycles. The number of fused-ring (bicyclic) bond motifs is 9. The predicted molar refractivity (Wildman–Crippen MR) is 263 cm³/mol. The fourth-order valence-corrected chi connectivity index (χ4v) is 10.5. The molecule has 0 saturated heterocycles. The summed E-state index contributed by atoms with van der Waals surface area (Å²) in [5.41, 5.74) is 11.7. The largest absolute Gasteiger partial charge is 0.455 e. The molecular formula is C57H33N5OS. The van der Waals surface area contributed by atoms with E-state index in [1.807, 2.05) is 36.5 Å². The van der Waals surface area contributed by atoms with E-state index in [2.05, 4.69) is 163 Å². The van der Waals surface area contributed by atoms with Crippen molar-refractivity contribution in [3.63, 3.8) is 0 Å². The average molecular weight is 836 g/mol. The van der Waals surface area contributed by atoms with Gasteiger partial charge in [0.25, 0.3) is 0 Å². The topological polar surface area (TPSA) is 77.6 Å². The first-order valence-electron chi connectivity index (χ1n) is 21.2. The summed E-state index contributed by atoms with van der Waals surface area (Å²) < 4.78 is 9.49. The van der Waals surface area contributed by atoms with Crippen molar-refractivity contribution in [3.8, 4) is 67.5 Å². The van der Waals surface area contributed by atoms with Gasteiger partial charge in [0, 0.05) is 64.6 Å². The Morgan fingerprint density at radius 2 is 1.02 bits per heavy atom. The summed E-state index contributed by atoms with van der Waals surface area (Å²) in [4.78, 5) is 24.9. The molecule has 4 aromatic heterocycles. The van der Waals surface area contributed by atoms with Crippen molar-refractivity contribution < 1.29 is 4.42 Å². The maximum absolute atomic E-state index is 7.14. The molecule has 0 bridgehead atoms. The van der Waals surface area contributed by atoms with Gasteiger partial charge in [0.2, 0.25) is 0 Å². The van der Waals surface area contributed by atoms with Gasteiger partial charge in [-0.3, -0.25) is 0 Å². The lowest BCUT2D eigenvalue weighted by atomic mass is 9.88. The maximum Gasteiger partial charge on any atom is 0.167 e. The Hall–Kier alpha value is -8.39. The van der Waals surface area contributed by atoms with Gasteiger partial charge in [0.05, 0.1) is 11.1 Å². The van der Waals surface area contributed by atoms with E-state index in [0.29, 0.717) is 17.5 Å². The Morgan fingerprint density at radius 3 is 1.78 bits per heavy atom. The van der Waals surface area contributed by atoms with Crippen molar-refractivity contribution in [2.45, 2.75) is 0 Å². The Bertz CT molecular complexity index is 3960. The van der Waals surface area contributed by atoms with E-state index in [1.54, 1.807) is 17.7 Å². The number of benzene rings is 9.